The summed E-state index contributed by atoms with van der Waals surface area (Å²) in [6.07, 6.45) is 0. The number of carbonyl (C=O) groups is 2. The van der Waals surface area contributed by atoms with Crippen LogP contribution in [0.1, 0.15) is 42.6 Å². The molecule has 4 nitrogen and oxygen atoms in total. The maximum absolute atomic E-state index is 12.3. The number of hydrogen-bond acceptors (Lipinski definition) is 3. The van der Waals surface area contributed by atoms with Crippen LogP contribution in [0.4, 0.5) is 5.69 Å². The molecule has 0 radical (unpaired) electrons. The van der Waals surface area contributed by atoms with Gasteiger partial charge in [0.25, 0.3) is 0 Å². The molecule has 0 bridgehead atoms. The number of hydrogen-bond donors (Lipinski definition) is 2. The first-order valence-corrected chi connectivity index (χ1v) is 8.17. The zero-order valence-corrected chi connectivity index (χ0v) is 14.4. The first-order valence-electron chi connectivity index (χ1n) is 8.17. The zero-order chi connectivity index (χ0) is 17.5. The summed E-state index contributed by atoms with van der Waals surface area (Å²) in [5.41, 5.74) is 2.60. The number of carbonyl (C=O) groups excluding carboxylic acids is 2. The largest absolute Gasteiger partial charge is 0.374 e. The molecule has 126 valence electrons. The highest BCUT2D eigenvalue weighted by Crippen LogP contribution is 2.14. The Morgan fingerprint density at radius 2 is 1.71 bits per heavy atom. The monoisotopic (exact) mass is 324 g/mol. The number of anilines is 1. The second-order valence-electron chi connectivity index (χ2n) is 6.06. The van der Waals surface area contributed by atoms with E-state index in [1.165, 1.54) is 12.5 Å². The summed E-state index contributed by atoms with van der Waals surface area (Å²) in [6.45, 7) is 6.01. The van der Waals surface area contributed by atoms with Gasteiger partial charge < -0.3 is 10.6 Å². The van der Waals surface area contributed by atoms with Crippen LogP contribution in [0.15, 0.2) is 54.6 Å². The van der Waals surface area contributed by atoms with E-state index in [1.807, 2.05) is 31.2 Å². The molecule has 0 aliphatic rings. The summed E-state index contributed by atoms with van der Waals surface area (Å²) in [5, 5.41) is 6.11. The molecular formula is C20H24N2O2. The predicted molar refractivity (Wildman–Crippen MR) is 97.4 cm³/mol. The first-order chi connectivity index (χ1) is 11.5. The van der Waals surface area contributed by atoms with Crippen LogP contribution in [0.25, 0.3) is 0 Å². The molecule has 4 heteroatoms. The minimum atomic E-state index is -0.379. The molecule has 0 aromatic heterocycles. The third-order valence-corrected chi connectivity index (χ3v) is 4.00. The molecule has 0 saturated heterocycles. The molecule has 0 saturated carbocycles. The third kappa shape index (κ3) is 4.95. The van der Waals surface area contributed by atoms with Gasteiger partial charge >= 0.3 is 0 Å². The van der Waals surface area contributed by atoms with Crippen LogP contribution >= 0.6 is 0 Å². The molecule has 0 aliphatic heterocycles. The van der Waals surface area contributed by atoms with Crippen molar-refractivity contribution in [2.45, 2.75) is 32.7 Å². The molecule has 2 N–H and O–H groups in total. The van der Waals surface area contributed by atoms with E-state index >= 15 is 0 Å². The smallest absolute Gasteiger partial charge is 0.242 e. The van der Waals surface area contributed by atoms with Gasteiger partial charge in [0.15, 0.2) is 5.78 Å². The standard InChI is InChI=1S/C20H24N2O2/c1-14(17-8-5-4-6-9-17)13-21-20(24)15(2)22-19-11-7-10-18(12-19)16(3)23/h4-12,14-15,22H,13H2,1-3H3,(H,21,24). The second-order valence-corrected chi connectivity index (χ2v) is 6.06. The predicted octanol–water partition coefficient (Wildman–Crippen LogP) is 3.61. The second kappa shape index (κ2) is 8.29. The van der Waals surface area contributed by atoms with Crippen molar-refractivity contribution in [3.8, 4) is 0 Å². The Bertz CT molecular complexity index is 698. The van der Waals surface area contributed by atoms with Gasteiger partial charge in [0.2, 0.25) is 5.91 Å². The summed E-state index contributed by atoms with van der Waals surface area (Å²) in [7, 11) is 0. The van der Waals surface area contributed by atoms with Crippen LogP contribution in [0.5, 0.6) is 0 Å². The lowest BCUT2D eigenvalue weighted by Gasteiger charge is -2.18. The summed E-state index contributed by atoms with van der Waals surface area (Å²) < 4.78 is 0. The molecular weight excluding hydrogens is 300 g/mol. The number of amides is 1. The highest BCUT2D eigenvalue weighted by Gasteiger charge is 2.14. The van der Waals surface area contributed by atoms with Gasteiger partial charge in [-0.05, 0) is 37.5 Å². The fourth-order valence-electron chi connectivity index (χ4n) is 2.45. The Balaban J connectivity index is 1.88. The number of ketones is 1. The van der Waals surface area contributed by atoms with E-state index < -0.39 is 0 Å². The Kier molecular flexibility index (Phi) is 6.13. The van der Waals surface area contributed by atoms with E-state index in [0.29, 0.717) is 12.1 Å². The number of rotatable bonds is 7. The van der Waals surface area contributed by atoms with Gasteiger partial charge in [0.1, 0.15) is 6.04 Å². The molecule has 0 spiro atoms. The van der Waals surface area contributed by atoms with Gasteiger partial charge in [-0.2, -0.15) is 0 Å². The number of benzene rings is 2. The fourth-order valence-corrected chi connectivity index (χ4v) is 2.45. The van der Waals surface area contributed by atoms with Crippen LogP contribution in [-0.2, 0) is 4.79 Å². The van der Waals surface area contributed by atoms with Crippen molar-refractivity contribution in [3.63, 3.8) is 0 Å². The quantitative estimate of drug-likeness (QED) is 0.765. The average molecular weight is 324 g/mol. The number of Topliss-reactive ketones (excluding diaryl/α,β-unsaturated/α-hetero) is 1. The molecule has 2 rings (SSSR count). The van der Waals surface area contributed by atoms with Crippen molar-refractivity contribution in [3.05, 3.63) is 65.7 Å². The van der Waals surface area contributed by atoms with E-state index in [4.69, 9.17) is 0 Å². The molecule has 2 atom stereocenters. The maximum atomic E-state index is 12.3. The van der Waals surface area contributed by atoms with Crippen molar-refractivity contribution in [2.24, 2.45) is 0 Å². The van der Waals surface area contributed by atoms with Crippen LogP contribution in [-0.4, -0.2) is 24.3 Å². The topological polar surface area (TPSA) is 58.2 Å². The van der Waals surface area contributed by atoms with Crippen LogP contribution in [0, 0.1) is 0 Å². The third-order valence-electron chi connectivity index (χ3n) is 4.00. The van der Waals surface area contributed by atoms with E-state index in [-0.39, 0.29) is 23.7 Å². The normalized spacial score (nSPS) is 13.0. The van der Waals surface area contributed by atoms with Crippen molar-refractivity contribution in [2.75, 3.05) is 11.9 Å². The molecule has 2 unspecified atom stereocenters. The average Bonchev–Trinajstić information content (AvgIpc) is 2.60. The molecule has 0 heterocycles. The van der Waals surface area contributed by atoms with Gasteiger partial charge in [-0.3, -0.25) is 9.59 Å². The van der Waals surface area contributed by atoms with Crippen molar-refractivity contribution >= 4 is 17.4 Å². The molecule has 24 heavy (non-hydrogen) atoms. The Hall–Kier alpha value is -2.62. The lowest BCUT2D eigenvalue weighted by molar-refractivity contribution is -0.121. The van der Waals surface area contributed by atoms with Crippen LogP contribution in [0.3, 0.4) is 0 Å². The molecule has 0 aliphatic carbocycles. The van der Waals surface area contributed by atoms with Gasteiger partial charge in [-0.1, -0.05) is 49.4 Å². The van der Waals surface area contributed by atoms with Gasteiger partial charge in [0.05, 0.1) is 0 Å². The van der Waals surface area contributed by atoms with E-state index in [2.05, 4.69) is 29.7 Å². The molecule has 0 fully saturated rings. The molecule has 1 amide bonds. The summed E-state index contributed by atoms with van der Waals surface area (Å²) in [6, 6.07) is 16.9. The molecule has 2 aromatic carbocycles. The van der Waals surface area contributed by atoms with Gasteiger partial charge in [-0.25, -0.2) is 0 Å². The Morgan fingerprint density at radius 1 is 1.00 bits per heavy atom. The highest BCUT2D eigenvalue weighted by atomic mass is 16.2. The van der Waals surface area contributed by atoms with Gasteiger partial charge in [-0.15, -0.1) is 0 Å². The molecule has 2 aromatic rings. The minimum Gasteiger partial charge on any atom is -0.374 e. The fraction of sp³-hybridized carbons (Fsp3) is 0.300. The van der Waals surface area contributed by atoms with Crippen molar-refractivity contribution < 1.29 is 9.59 Å². The number of nitrogens with one attached hydrogen (secondary N) is 2. The maximum Gasteiger partial charge on any atom is 0.242 e. The lowest BCUT2D eigenvalue weighted by atomic mass is 10.0. The SMILES string of the molecule is CC(=O)c1cccc(NC(C)C(=O)NCC(C)c2ccccc2)c1. The van der Waals surface area contributed by atoms with Crippen LogP contribution in [0.2, 0.25) is 0 Å². The summed E-state index contributed by atoms with van der Waals surface area (Å²) in [4.78, 5) is 23.7. The Labute approximate surface area is 143 Å². The van der Waals surface area contributed by atoms with E-state index in [9.17, 15) is 9.59 Å². The highest BCUT2D eigenvalue weighted by molar-refractivity contribution is 5.95. The van der Waals surface area contributed by atoms with E-state index in [1.54, 1.807) is 18.2 Å². The minimum absolute atomic E-state index is 0.00689. The van der Waals surface area contributed by atoms with Crippen molar-refractivity contribution in [1.29, 1.82) is 0 Å². The summed E-state index contributed by atoms with van der Waals surface area (Å²) >= 11 is 0. The zero-order valence-electron chi connectivity index (χ0n) is 14.4. The first kappa shape index (κ1) is 17.7. The van der Waals surface area contributed by atoms with E-state index in [0.717, 1.165) is 5.69 Å². The lowest BCUT2D eigenvalue weighted by Crippen LogP contribution is -2.39. The Morgan fingerprint density at radius 3 is 2.38 bits per heavy atom. The summed E-state index contributed by atoms with van der Waals surface area (Å²) in [5.74, 6) is 0.196. The van der Waals surface area contributed by atoms with Crippen molar-refractivity contribution in [1.82, 2.24) is 5.32 Å². The van der Waals surface area contributed by atoms with Crippen LogP contribution < -0.4 is 10.6 Å². The van der Waals surface area contributed by atoms with Gasteiger partial charge in [0, 0.05) is 17.8 Å².